The van der Waals surface area contributed by atoms with Gasteiger partial charge in [-0.2, -0.15) is 0 Å². The van der Waals surface area contributed by atoms with Gasteiger partial charge in [-0.05, 0) is 33.3 Å². The number of ether oxygens (including phenoxy) is 1. The summed E-state index contributed by atoms with van der Waals surface area (Å²) in [4.78, 5) is 11.6. The van der Waals surface area contributed by atoms with Crippen LogP contribution in [0.25, 0.3) is 0 Å². The Hall–Kier alpha value is -1.29. The number of amides is 1. The summed E-state index contributed by atoms with van der Waals surface area (Å²) in [7, 11) is 0. The van der Waals surface area contributed by atoms with Crippen LogP contribution in [0.5, 0.6) is 0 Å². The van der Waals surface area contributed by atoms with Crippen molar-refractivity contribution in [2.75, 3.05) is 13.2 Å². The van der Waals surface area contributed by atoms with Gasteiger partial charge < -0.3 is 14.5 Å². The zero-order valence-electron chi connectivity index (χ0n) is 10.1. The van der Waals surface area contributed by atoms with Crippen molar-refractivity contribution < 1.29 is 13.9 Å². The normalized spacial score (nSPS) is 10.8. The van der Waals surface area contributed by atoms with E-state index in [-0.39, 0.29) is 12.0 Å². The molecule has 1 aromatic rings. The van der Waals surface area contributed by atoms with Crippen molar-refractivity contribution >= 4 is 5.91 Å². The topological polar surface area (TPSA) is 51.5 Å². The van der Waals surface area contributed by atoms with Crippen LogP contribution in [-0.4, -0.2) is 25.2 Å². The maximum Gasteiger partial charge on any atom is 0.254 e. The molecule has 4 heteroatoms. The van der Waals surface area contributed by atoms with E-state index in [1.165, 1.54) is 6.26 Å². The lowest BCUT2D eigenvalue weighted by atomic mass is 10.2. The summed E-state index contributed by atoms with van der Waals surface area (Å²) in [5.74, 6) is 0.562. The highest BCUT2D eigenvalue weighted by molar-refractivity contribution is 5.94. The molecule has 0 aromatic carbocycles. The van der Waals surface area contributed by atoms with Crippen molar-refractivity contribution in [3.63, 3.8) is 0 Å². The minimum atomic E-state index is -0.0872. The number of nitrogens with one attached hydrogen (secondary N) is 1. The first-order valence-electron chi connectivity index (χ1n) is 5.55. The monoisotopic (exact) mass is 225 g/mol. The number of hydrogen-bond acceptors (Lipinski definition) is 3. The molecule has 0 aliphatic carbocycles. The van der Waals surface area contributed by atoms with Crippen LogP contribution in [0.3, 0.4) is 0 Å². The molecule has 0 spiro atoms. The second-order valence-corrected chi connectivity index (χ2v) is 3.92. The summed E-state index contributed by atoms with van der Waals surface area (Å²) < 4.78 is 10.4. The molecule has 0 unspecified atom stereocenters. The van der Waals surface area contributed by atoms with Gasteiger partial charge in [0.25, 0.3) is 5.91 Å². The van der Waals surface area contributed by atoms with Crippen LogP contribution in [0, 0.1) is 6.92 Å². The summed E-state index contributed by atoms with van der Waals surface area (Å²) in [6, 6.07) is 1.68. The van der Waals surface area contributed by atoms with Gasteiger partial charge in [0.2, 0.25) is 0 Å². The average Bonchev–Trinajstić information content (AvgIpc) is 2.63. The molecule has 1 N–H and O–H groups in total. The molecule has 0 bridgehead atoms. The van der Waals surface area contributed by atoms with Gasteiger partial charge in [-0.15, -0.1) is 0 Å². The van der Waals surface area contributed by atoms with E-state index < -0.39 is 0 Å². The maximum atomic E-state index is 11.6. The molecule has 16 heavy (non-hydrogen) atoms. The van der Waals surface area contributed by atoms with Crippen LogP contribution in [0.2, 0.25) is 0 Å². The van der Waals surface area contributed by atoms with Crippen molar-refractivity contribution in [1.82, 2.24) is 5.32 Å². The van der Waals surface area contributed by atoms with Crippen LogP contribution in [0.15, 0.2) is 16.7 Å². The number of aryl methyl sites for hydroxylation is 1. The van der Waals surface area contributed by atoms with E-state index in [1.807, 2.05) is 13.8 Å². The van der Waals surface area contributed by atoms with Crippen molar-refractivity contribution in [3.05, 3.63) is 23.7 Å². The molecule has 90 valence electrons. The van der Waals surface area contributed by atoms with Crippen LogP contribution in [0.1, 0.15) is 36.4 Å². The highest BCUT2D eigenvalue weighted by atomic mass is 16.5. The van der Waals surface area contributed by atoms with Crippen molar-refractivity contribution in [3.8, 4) is 0 Å². The lowest BCUT2D eigenvalue weighted by Gasteiger charge is -2.07. The SMILES string of the molecule is Cc1occc1C(=O)NCCCOC(C)C. The third kappa shape index (κ3) is 4.06. The highest BCUT2D eigenvalue weighted by Crippen LogP contribution is 2.07. The first-order chi connectivity index (χ1) is 7.61. The zero-order chi connectivity index (χ0) is 12.0. The number of rotatable bonds is 6. The largest absolute Gasteiger partial charge is 0.469 e. The average molecular weight is 225 g/mol. The number of carbonyl (C=O) groups is 1. The van der Waals surface area contributed by atoms with Crippen molar-refractivity contribution in [1.29, 1.82) is 0 Å². The van der Waals surface area contributed by atoms with E-state index in [9.17, 15) is 4.79 Å². The van der Waals surface area contributed by atoms with Gasteiger partial charge in [0.15, 0.2) is 0 Å². The Kier molecular flexibility index (Phi) is 5.05. The molecule has 1 amide bonds. The van der Waals surface area contributed by atoms with Gasteiger partial charge in [0.1, 0.15) is 5.76 Å². The molecular weight excluding hydrogens is 206 g/mol. The number of hydrogen-bond donors (Lipinski definition) is 1. The molecule has 0 fully saturated rings. The maximum absolute atomic E-state index is 11.6. The fraction of sp³-hybridized carbons (Fsp3) is 0.583. The van der Waals surface area contributed by atoms with Crippen molar-refractivity contribution in [2.45, 2.75) is 33.3 Å². The molecule has 0 aliphatic rings. The molecule has 0 aliphatic heterocycles. The van der Waals surface area contributed by atoms with Crippen LogP contribution in [0.4, 0.5) is 0 Å². The van der Waals surface area contributed by atoms with E-state index in [0.29, 0.717) is 24.5 Å². The molecule has 1 aromatic heterocycles. The van der Waals surface area contributed by atoms with Gasteiger partial charge in [0, 0.05) is 13.2 Å². The quantitative estimate of drug-likeness (QED) is 0.754. The Morgan fingerprint density at radius 3 is 2.88 bits per heavy atom. The molecule has 1 rings (SSSR count). The zero-order valence-corrected chi connectivity index (χ0v) is 10.1. The first-order valence-corrected chi connectivity index (χ1v) is 5.55. The molecule has 4 nitrogen and oxygen atoms in total. The summed E-state index contributed by atoms with van der Waals surface area (Å²) in [6.07, 6.45) is 2.58. The molecule has 0 saturated carbocycles. The Balaban J connectivity index is 2.19. The third-order valence-electron chi connectivity index (χ3n) is 2.16. The predicted molar refractivity (Wildman–Crippen MR) is 61.5 cm³/mol. The Labute approximate surface area is 96.0 Å². The van der Waals surface area contributed by atoms with Gasteiger partial charge >= 0.3 is 0 Å². The standard InChI is InChI=1S/C12H19NO3/c1-9(2)15-7-4-6-13-12(14)11-5-8-16-10(11)3/h5,8-9H,4,6-7H2,1-3H3,(H,13,14). The molecular formula is C12H19NO3. The minimum absolute atomic E-state index is 0.0872. The summed E-state index contributed by atoms with van der Waals surface area (Å²) in [6.45, 7) is 7.05. The van der Waals surface area contributed by atoms with E-state index in [2.05, 4.69) is 5.32 Å². The first kappa shape index (κ1) is 12.8. The fourth-order valence-electron chi connectivity index (χ4n) is 1.31. The Bertz CT molecular complexity index is 331. The molecule has 0 radical (unpaired) electrons. The number of carbonyl (C=O) groups excluding carboxylic acids is 1. The van der Waals surface area contributed by atoms with E-state index in [0.717, 1.165) is 6.42 Å². The Morgan fingerprint density at radius 1 is 1.56 bits per heavy atom. The van der Waals surface area contributed by atoms with Crippen LogP contribution < -0.4 is 5.32 Å². The van der Waals surface area contributed by atoms with E-state index >= 15 is 0 Å². The second-order valence-electron chi connectivity index (χ2n) is 3.92. The van der Waals surface area contributed by atoms with Crippen molar-refractivity contribution in [2.24, 2.45) is 0 Å². The lowest BCUT2D eigenvalue weighted by Crippen LogP contribution is -2.25. The third-order valence-corrected chi connectivity index (χ3v) is 2.16. The van der Waals surface area contributed by atoms with Gasteiger partial charge in [0.05, 0.1) is 17.9 Å². The Morgan fingerprint density at radius 2 is 2.31 bits per heavy atom. The fourth-order valence-corrected chi connectivity index (χ4v) is 1.31. The summed E-state index contributed by atoms with van der Waals surface area (Å²) in [5.41, 5.74) is 0.602. The summed E-state index contributed by atoms with van der Waals surface area (Å²) >= 11 is 0. The smallest absolute Gasteiger partial charge is 0.254 e. The van der Waals surface area contributed by atoms with Gasteiger partial charge in [-0.1, -0.05) is 0 Å². The minimum Gasteiger partial charge on any atom is -0.469 e. The van der Waals surface area contributed by atoms with Crippen LogP contribution >= 0.6 is 0 Å². The number of furan rings is 1. The predicted octanol–water partition coefficient (Wildman–Crippen LogP) is 2.13. The summed E-state index contributed by atoms with van der Waals surface area (Å²) in [5, 5.41) is 2.82. The van der Waals surface area contributed by atoms with Gasteiger partial charge in [-0.3, -0.25) is 4.79 Å². The lowest BCUT2D eigenvalue weighted by molar-refractivity contribution is 0.0757. The molecule has 0 atom stereocenters. The highest BCUT2D eigenvalue weighted by Gasteiger charge is 2.09. The van der Waals surface area contributed by atoms with E-state index in [4.69, 9.17) is 9.15 Å². The molecule has 0 saturated heterocycles. The van der Waals surface area contributed by atoms with Gasteiger partial charge in [-0.25, -0.2) is 0 Å². The van der Waals surface area contributed by atoms with Crippen LogP contribution in [-0.2, 0) is 4.74 Å². The second kappa shape index (κ2) is 6.33. The molecule has 1 heterocycles. The van der Waals surface area contributed by atoms with E-state index in [1.54, 1.807) is 13.0 Å².